The second-order valence-electron chi connectivity index (χ2n) is 4.99. The van der Waals surface area contributed by atoms with Gasteiger partial charge in [-0.2, -0.15) is 0 Å². The lowest BCUT2D eigenvalue weighted by atomic mass is 10.1. The normalized spacial score (nSPS) is 22.0. The van der Waals surface area contributed by atoms with Gasteiger partial charge in [-0.05, 0) is 6.92 Å². The molecule has 3 atom stereocenters. The molecule has 1 saturated heterocycles. The van der Waals surface area contributed by atoms with Crippen molar-refractivity contribution in [1.29, 1.82) is 0 Å². The molecule has 0 unspecified atom stereocenters. The van der Waals surface area contributed by atoms with Crippen LogP contribution in [0.3, 0.4) is 0 Å². The number of hydrogen-bond donors (Lipinski definition) is 3. The third kappa shape index (κ3) is 4.69. The van der Waals surface area contributed by atoms with E-state index in [0.717, 1.165) is 0 Å². The summed E-state index contributed by atoms with van der Waals surface area (Å²) >= 11 is 0. The lowest BCUT2D eigenvalue weighted by molar-refractivity contribution is -0.150. The van der Waals surface area contributed by atoms with Gasteiger partial charge < -0.3 is 25.2 Å². The van der Waals surface area contributed by atoms with Crippen LogP contribution >= 0.6 is 0 Å². The number of aliphatic carboxylic acids is 1. The van der Waals surface area contributed by atoms with Gasteiger partial charge in [-0.3, -0.25) is 14.4 Å². The van der Waals surface area contributed by atoms with Crippen molar-refractivity contribution in [2.75, 3.05) is 13.2 Å². The number of hydrogen-bond acceptors (Lipinski definition) is 6. The Morgan fingerprint density at radius 1 is 1.36 bits per heavy atom. The number of rotatable bonds is 6. The largest absolute Gasteiger partial charge is 0.480 e. The fourth-order valence-electron chi connectivity index (χ4n) is 2.26. The third-order valence-electron chi connectivity index (χ3n) is 3.28. The standard InChI is InChI=1S/C13H20N2O7/c1-3-22-11(18)5-9(13(20)21)14-12(19)10-4-8(17)6-15(10)7(2)16/h8-10,17H,3-6H2,1-2H3,(H,14,19)(H,20,21)/t8-,9+,10+/m1/s1. The van der Waals surface area contributed by atoms with Crippen LogP contribution in [0, 0.1) is 0 Å². The number of nitrogens with zero attached hydrogens (tertiary/aromatic N) is 1. The summed E-state index contributed by atoms with van der Waals surface area (Å²) in [6, 6.07) is -2.39. The fraction of sp³-hybridized carbons (Fsp3) is 0.692. The average molecular weight is 316 g/mol. The first-order chi connectivity index (χ1) is 10.3. The van der Waals surface area contributed by atoms with E-state index in [0.29, 0.717) is 0 Å². The molecule has 1 aliphatic rings. The Labute approximate surface area is 127 Å². The summed E-state index contributed by atoms with van der Waals surface area (Å²) in [6.07, 6.45) is -1.32. The van der Waals surface area contributed by atoms with E-state index >= 15 is 0 Å². The zero-order valence-electron chi connectivity index (χ0n) is 12.4. The molecule has 0 aromatic carbocycles. The van der Waals surface area contributed by atoms with E-state index in [-0.39, 0.29) is 19.6 Å². The lowest BCUT2D eigenvalue weighted by Gasteiger charge is -2.23. The minimum Gasteiger partial charge on any atom is -0.480 e. The Bertz CT molecular complexity index is 465. The van der Waals surface area contributed by atoms with E-state index in [9.17, 15) is 24.3 Å². The first-order valence-corrected chi connectivity index (χ1v) is 6.90. The van der Waals surface area contributed by atoms with Crippen LogP contribution in [0.2, 0.25) is 0 Å². The highest BCUT2D eigenvalue weighted by atomic mass is 16.5. The predicted octanol–water partition coefficient (Wildman–Crippen LogP) is -1.51. The summed E-state index contributed by atoms with van der Waals surface area (Å²) in [5, 5.41) is 20.8. The van der Waals surface area contributed by atoms with Crippen LogP contribution in [0.15, 0.2) is 0 Å². The van der Waals surface area contributed by atoms with Crippen LogP contribution in [-0.4, -0.2) is 70.2 Å². The van der Waals surface area contributed by atoms with Crippen LogP contribution in [0.5, 0.6) is 0 Å². The molecule has 1 aliphatic heterocycles. The number of esters is 1. The van der Waals surface area contributed by atoms with Crippen molar-refractivity contribution in [2.45, 2.75) is 44.9 Å². The minimum atomic E-state index is -1.45. The number of carbonyl (C=O) groups is 4. The summed E-state index contributed by atoms with van der Waals surface area (Å²) < 4.78 is 4.65. The molecule has 9 heteroatoms. The van der Waals surface area contributed by atoms with Gasteiger partial charge >= 0.3 is 11.9 Å². The smallest absolute Gasteiger partial charge is 0.326 e. The fourth-order valence-corrected chi connectivity index (χ4v) is 2.26. The molecule has 1 heterocycles. The number of carboxylic acid groups (broad SMARTS) is 1. The highest BCUT2D eigenvalue weighted by Crippen LogP contribution is 2.18. The van der Waals surface area contributed by atoms with Gasteiger partial charge in [0.25, 0.3) is 0 Å². The molecule has 0 bridgehead atoms. The number of β-amino-alcohol motifs (C(OH)–C–C–N with tert-alkyl or cyclic N) is 1. The lowest BCUT2D eigenvalue weighted by Crippen LogP contribution is -2.51. The molecule has 1 fully saturated rings. The second kappa shape index (κ2) is 7.74. The zero-order chi connectivity index (χ0) is 16.9. The Kier molecular flexibility index (Phi) is 6.29. The molecular weight excluding hydrogens is 296 g/mol. The molecule has 3 N–H and O–H groups in total. The molecule has 0 radical (unpaired) electrons. The Morgan fingerprint density at radius 3 is 2.50 bits per heavy atom. The van der Waals surface area contributed by atoms with Crippen molar-refractivity contribution < 1.29 is 34.1 Å². The topological polar surface area (TPSA) is 133 Å². The van der Waals surface area contributed by atoms with Gasteiger partial charge in [0.1, 0.15) is 12.1 Å². The number of carboxylic acids is 1. The summed E-state index contributed by atoms with van der Waals surface area (Å²) in [5.74, 6) is -3.24. The second-order valence-corrected chi connectivity index (χ2v) is 4.99. The molecular formula is C13H20N2O7. The van der Waals surface area contributed by atoms with Crippen molar-refractivity contribution in [3.05, 3.63) is 0 Å². The highest BCUT2D eigenvalue weighted by molar-refractivity contribution is 5.92. The summed E-state index contributed by atoms with van der Waals surface area (Å²) in [4.78, 5) is 47.2. The van der Waals surface area contributed by atoms with Gasteiger partial charge in [-0.15, -0.1) is 0 Å². The van der Waals surface area contributed by atoms with Crippen LogP contribution in [0.25, 0.3) is 0 Å². The van der Waals surface area contributed by atoms with E-state index in [4.69, 9.17) is 5.11 Å². The molecule has 0 aliphatic carbocycles. The maximum atomic E-state index is 12.1. The van der Waals surface area contributed by atoms with Crippen molar-refractivity contribution in [3.8, 4) is 0 Å². The Morgan fingerprint density at radius 2 is 2.00 bits per heavy atom. The first kappa shape index (κ1) is 17.9. The van der Waals surface area contributed by atoms with Gasteiger partial charge in [-0.1, -0.05) is 0 Å². The quantitative estimate of drug-likeness (QED) is 0.507. The van der Waals surface area contributed by atoms with Gasteiger partial charge in [0.05, 0.1) is 19.1 Å². The first-order valence-electron chi connectivity index (χ1n) is 6.90. The zero-order valence-corrected chi connectivity index (χ0v) is 12.4. The number of aliphatic hydroxyl groups is 1. The van der Waals surface area contributed by atoms with E-state index in [1.54, 1.807) is 6.92 Å². The van der Waals surface area contributed by atoms with Gasteiger partial charge in [0, 0.05) is 19.9 Å². The monoisotopic (exact) mass is 316 g/mol. The number of carbonyl (C=O) groups excluding carboxylic acids is 3. The van der Waals surface area contributed by atoms with Gasteiger partial charge in [0.15, 0.2) is 0 Å². The molecule has 0 aromatic rings. The Hall–Kier alpha value is -2.16. The van der Waals surface area contributed by atoms with E-state index in [2.05, 4.69) is 10.1 Å². The Balaban J connectivity index is 2.72. The number of ether oxygens (including phenoxy) is 1. The maximum Gasteiger partial charge on any atom is 0.326 e. The third-order valence-corrected chi connectivity index (χ3v) is 3.28. The summed E-state index contributed by atoms with van der Waals surface area (Å²) in [7, 11) is 0. The molecule has 9 nitrogen and oxygen atoms in total. The molecule has 1 rings (SSSR count). The molecule has 22 heavy (non-hydrogen) atoms. The summed E-state index contributed by atoms with van der Waals surface area (Å²) in [5.41, 5.74) is 0. The molecule has 124 valence electrons. The van der Waals surface area contributed by atoms with Crippen LogP contribution in [-0.2, 0) is 23.9 Å². The minimum absolute atomic E-state index is 0.0169. The molecule has 0 spiro atoms. The SMILES string of the molecule is CCOC(=O)C[C@H](NC(=O)[C@@H]1C[C@@H](O)CN1C(C)=O)C(=O)O. The maximum absolute atomic E-state index is 12.1. The van der Waals surface area contributed by atoms with Gasteiger partial charge in [0.2, 0.25) is 11.8 Å². The van der Waals surface area contributed by atoms with E-state index < -0.39 is 48.4 Å². The number of nitrogens with one attached hydrogen (secondary N) is 1. The predicted molar refractivity (Wildman–Crippen MR) is 72.6 cm³/mol. The van der Waals surface area contributed by atoms with Crippen LogP contribution in [0.4, 0.5) is 0 Å². The van der Waals surface area contributed by atoms with Crippen LogP contribution in [0.1, 0.15) is 26.7 Å². The molecule has 0 aromatic heterocycles. The van der Waals surface area contributed by atoms with Crippen molar-refractivity contribution in [1.82, 2.24) is 10.2 Å². The highest BCUT2D eigenvalue weighted by Gasteiger charge is 2.39. The van der Waals surface area contributed by atoms with Crippen molar-refractivity contribution in [2.24, 2.45) is 0 Å². The number of amides is 2. The van der Waals surface area contributed by atoms with Crippen LogP contribution < -0.4 is 5.32 Å². The average Bonchev–Trinajstić information content (AvgIpc) is 2.80. The molecule has 2 amide bonds. The number of aliphatic hydroxyl groups excluding tert-OH is 1. The van der Waals surface area contributed by atoms with Crippen molar-refractivity contribution >= 4 is 23.8 Å². The van der Waals surface area contributed by atoms with E-state index in [1.807, 2.05) is 0 Å². The number of likely N-dealkylation sites (tertiary alicyclic amines) is 1. The van der Waals surface area contributed by atoms with E-state index in [1.165, 1.54) is 11.8 Å². The van der Waals surface area contributed by atoms with Crippen molar-refractivity contribution in [3.63, 3.8) is 0 Å². The molecule has 0 saturated carbocycles. The summed E-state index contributed by atoms with van der Waals surface area (Å²) in [6.45, 7) is 2.96. The van der Waals surface area contributed by atoms with Gasteiger partial charge in [-0.25, -0.2) is 4.79 Å².